The number of allylic oxidation sites excluding steroid dienone is 1. The van der Waals surface area contributed by atoms with Crippen LogP contribution in [0.3, 0.4) is 0 Å². The Morgan fingerprint density at radius 3 is 2.94 bits per heavy atom. The largest absolute Gasteiger partial charge is 0.335 e. The molecule has 3 heteroatoms. The van der Waals surface area contributed by atoms with Gasteiger partial charge in [0.05, 0.1) is 10.7 Å². The minimum atomic E-state index is 0.306. The second kappa shape index (κ2) is 4.47. The number of benzene rings is 1. The predicted octanol–water partition coefficient (Wildman–Crippen LogP) is 3.75. The van der Waals surface area contributed by atoms with Crippen LogP contribution in [-0.4, -0.2) is 12.3 Å². The molecule has 1 fully saturated rings. The van der Waals surface area contributed by atoms with Crippen LogP contribution in [-0.2, 0) is 4.79 Å². The van der Waals surface area contributed by atoms with Crippen LogP contribution < -0.4 is 4.90 Å². The third-order valence-electron chi connectivity index (χ3n) is 3.45. The molecule has 1 saturated carbocycles. The van der Waals surface area contributed by atoms with Crippen LogP contribution in [0, 0.1) is 12.8 Å². The minimum absolute atomic E-state index is 0.306. The molecule has 18 heavy (non-hydrogen) atoms. The van der Waals surface area contributed by atoms with E-state index in [0.717, 1.165) is 24.4 Å². The van der Waals surface area contributed by atoms with Crippen molar-refractivity contribution in [3.8, 4) is 0 Å². The highest BCUT2D eigenvalue weighted by Gasteiger charge is 2.31. The number of fused-ring (bicyclic) bond motifs is 1. The highest BCUT2D eigenvalue weighted by atomic mass is 32.2. The Hall–Kier alpha value is -1.22. The average Bonchev–Trinajstić information content (AvgIpc) is 3.12. The quantitative estimate of drug-likeness (QED) is 0.771. The van der Waals surface area contributed by atoms with Gasteiger partial charge < -0.3 is 4.90 Å². The predicted molar refractivity (Wildman–Crippen MR) is 75.9 cm³/mol. The summed E-state index contributed by atoms with van der Waals surface area (Å²) in [5, 5.41) is 1.09. The summed E-state index contributed by atoms with van der Waals surface area (Å²) in [6, 6.07) is 6.49. The number of hydrogen-bond donors (Lipinski definition) is 0. The summed E-state index contributed by atoms with van der Waals surface area (Å²) >= 11 is 1.72. The van der Waals surface area contributed by atoms with Crippen molar-refractivity contribution in [3.05, 3.63) is 34.9 Å². The Morgan fingerprint density at radius 2 is 2.28 bits per heavy atom. The molecule has 0 unspecified atom stereocenters. The van der Waals surface area contributed by atoms with Crippen LogP contribution in [0.2, 0.25) is 0 Å². The molecule has 1 aliphatic heterocycles. The lowest BCUT2D eigenvalue weighted by Crippen LogP contribution is -2.17. The summed E-state index contributed by atoms with van der Waals surface area (Å²) in [7, 11) is 0. The maximum Gasteiger partial charge on any atom is 0.161 e. The highest BCUT2D eigenvalue weighted by Crippen LogP contribution is 2.46. The topological polar surface area (TPSA) is 20.3 Å². The van der Waals surface area contributed by atoms with Crippen molar-refractivity contribution in [2.45, 2.75) is 31.6 Å². The molecule has 0 saturated heterocycles. The molecule has 0 atom stereocenters. The van der Waals surface area contributed by atoms with E-state index in [0.29, 0.717) is 11.7 Å². The van der Waals surface area contributed by atoms with Crippen LogP contribution in [0.1, 0.15) is 25.3 Å². The molecule has 0 amide bonds. The molecule has 3 rings (SSSR count). The van der Waals surface area contributed by atoms with Crippen LogP contribution in [0.5, 0.6) is 0 Å². The van der Waals surface area contributed by atoms with Gasteiger partial charge in [-0.2, -0.15) is 0 Å². The Kier molecular flexibility index (Phi) is 2.94. The fourth-order valence-corrected chi connectivity index (χ4v) is 3.52. The number of ketones is 1. The maximum absolute atomic E-state index is 11.9. The van der Waals surface area contributed by atoms with Crippen LogP contribution in [0.4, 0.5) is 5.69 Å². The summed E-state index contributed by atoms with van der Waals surface area (Å²) in [4.78, 5) is 15.4. The Balaban J connectivity index is 1.92. The highest BCUT2D eigenvalue weighted by molar-refractivity contribution is 8.03. The summed E-state index contributed by atoms with van der Waals surface area (Å²) in [5.41, 5.74) is 2.51. The van der Waals surface area contributed by atoms with Crippen molar-refractivity contribution < 1.29 is 4.79 Å². The smallest absolute Gasteiger partial charge is 0.161 e. The lowest BCUT2D eigenvalue weighted by molar-refractivity contribution is -0.115. The van der Waals surface area contributed by atoms with Crippen molar-refractivity contribution in [2.24, 2.45) is 5.92 Å². The molecule has 0 bridgehead atoms. The van der Waals surface area contributed by atoms with E-state index in [1.807, 2.05) is 6.08 Å². The zero-order valence-corrected chi connectivity index (χ0v) is 11.6. The summed E-state index contributed by atoms with van der Waals surface area (Å²) in [6.45, 7) is 5.14. The second-order valence-electron chi connectivity index (χ2n) is 4.98. The molecule has 2 aliphatic rings. The molecule has 0 N–H and O–H groups in total. The third-order valence-corrected chi connectivity index (χ3v) is 4.54. The van der Waals surface area contributed by atoms with Crippen molar-refractivity contribution in [2.75, 3.05) is 11.4 Å². The molecular formula is C15H17NOS. The minimum Gasteiger partial charge on any atom is -0.335 e. The van der Waals surface area contributed by atoms with Gasteiger partial charge in [0.2, 0.25) is 0 Å². The lowest BCUT2D eigenvalue weighted by atomic mass is 10.2. The van der Waals surface area contributed by atoms with Gasteiger partial charge in [0.15, 0.2) is 5.78 Å². The van der Waals surface area contributed by atoms with Crippen LogP contribution in [0.25, 0.3) is 0 Å². The van der Waals surface area contributed by atoms with E-state index in [-0.39, 0.29) is 0 Å². The van der Waals surface area contributed by atoms with Gasteiger partial charge in [-0.3, -0.25) is 4.79 Å². The Bertz CT molecular complexity index is 531. The van der Waals surface area contributed by atoms with Gasteiger partial charge in [0, 0.05) is 23.4 Å². The fraction of sp³-hybridized carbons (Fsp3) is 0.400. The van der Waals surface area contributed by atoms with E-state index in [4.69, 9.17) is 0 Å². The first-order valence-corrected chi connectivity index (χ1v) is 7.32. The molecule has 1 aromatic carbocycles. The first kappa shape index (κ1) is 11.8. The molecule has 0 spiro atoms. The number of anilines is 1. The first-order chi connectivity index (χ1) is 8.69. The zero-order chi connectivity index (χ0) is 12.7. The van der Waals surface area contributed by atoms with Crippen LogP contribution >= 0.6 is 11.8 Å². The number of thioether (sulfide) groups is 1. The molecule has 2 nitrogen and oxygen atoms in total. The second-order valence-corrected chi connectivity index (χ2v) is 6.04. The standard InChI is InChI=1S/C15H17NOS/c1-3-16-12-7-4-10(2)8-14(12)18-15(16)9-13(17)11-5-6-11/h4,7-9,11H,3,5-6H2,1-2H3/b15-9-. The Morgan fingerprint density at radius 1 is 1.50 bits per heavy atom. The first-order valence-electron chi connectivity index (χ1n) is 6.50. The van der Waals surface area contributed by atoms with Crippen LogP contribution in [0.15, 0.2) is 34.2 Å². The molecule has 0 aromatic heterocycles. The van der Waals surface area contributed by atoms with E-state index >= 15 is 0 Å². The van der Waals surface area contributed by atoms with Gasteiger partial charge in [-0.25, -0.2) is 0 Å². The van der Waals surface area contributed by atoms with E-state index in [2.05, 4.69) is 36.9 Å². The number of carbonyl (C=O) groups excluding carboxylic acids is 1. The van der Waals surface area contributed by atoms with Gasteiger partial charge in [-0.15, -0.1) is 0 Å². The van der Waals surface area contributed by atoms with Gasteiger partial charge in [0.1, 0.15) is 0 Å². The number of hydrogen-bond acceptors (Lipinski definition) is 3. The molecule has 1 heterocycles. The molecule has 1 aromatic rings. The lowest BCUT2D eigenvalue weighted by Gasteiger charge is -2.17. The normalized spacial score (nSPS) is 20.3. The molecule has 0 radical (unpaired) electrons. The molecule has 1 aliphatic carbocycles. The van der Waals surface area contributed by atoms with Crippen molar-refractivity contribution >= 4 is 23.2 Å². The SMILES string of the molecule is CCN1/C(=C/C(=O)C2CC2)Sc2cc(C)ccc21. The van der Waals surface area contributed by atoms with E-state index in [1.54, 1.807) is 11.8 Å². The number of nitrogens with zero attached hydrogens (tertiary/aromatic N) is 1. The number of aryl methyl sites for hydroxylation is 1. The summed E-state index contributed by atoms with van der Waals surface area (Å²) in [6.07, 6.45) is 4.00. The van der Waals surface area contributed by atoms with Gasteiger partial charge in [0.25, 0.3) is 0 Å². The molecular weight excluding hydrogens is 242 g/mol. The number of rotatable bonds is 3. The van der Waals surface area contributed by atoms with E-state index in [1.165, 1.54) is 16.1 Å². The monoisotopic (exact) mass is 259 g/mol. The fourth-order valence-electron chi connectivity index (χ4n) is 2.25. The van der Waals surface area contributed by atoms with E-state index < -0.39 is 0 Å². The van der Waals surface area contributed by atoms with Crippen molar-refractivity contribution in [3.63, 3.8) is 0 Å². The number of carbonyl (C=O) groups is 1. The van der Waals surface area contributed by atoms with Crippen molar-refractivity contribution in [1.82, 2.24) is 0 Å². The maximum atomic E-state index is 11.9. The van der Waals surface area contributed by atoms with Gasteiger partial charge in [-0.1, -0.05) is 17.8 Å². The third kappa shape index (κ3) is 2.07. The zero-order valence-electron chi connectivity index (χ0n) is 10.8. The van der Waals surface area contributed by atoms with Crippen molar-refractivity contribution in [1.29, 1.82) is 0 Å². The molecule has 94 valence electrons. The van der Waals surface area contributed by atoms with E-state index in [9.17, 15) is 4.79 Å². The van der Waals surface area contributed by atoms with Gasteiger partial charge >= 0.3 is 0 Å². The van der Waals surface area contributed by atoms with Gasteiger partial charge in [-0.05, 0) is 44.4 Å². The Labute approximate surface area is 112 Å². The summed E-state index contributed by atoms with van der Waals surface area (Å²) in [5.74, 6) is 0.614. The summed E-state index contributed by atoms with van der Waals surface area (Å²) < 4.78 is 0. The average molecular weight is 259 g/mol.